The molecule has 5 nitrogen and oxygen atoms in total. The molecular formula is C58H90N2O3. The fourth-order valence-corrected chi connectivity index (χ4v) is 9.48. The third kappa shape index (κ3) is 19.6. The minimum absolute atomic E-state index is 0.296. The zero-order chi connectivity index (χ0) is 44.7. The number of carbonyl (C=O) groups is 1. The minimum atomic E-state index is -0.927. The number of fused-ring (bicyclic) bond motifs is 2. The van der Waals surface area contributed by atoms with Crippen LogP contribution in [0, 0.1) is 13.8 Å². The first-order chi connectivity index (χ1) is 30.9. The maximum atomic E-state index is 12.5. The Labute approximate surface area is 385 Å². The van der Waals surface area contributed by atoms with E-state index in [4.69, 9.17) is 9.41 Å². The predicted octanol–water partition coefficient (Wildman–Crippen LogP) is 18.4. The van der Waals surface area contributed by atoms with Crippen molar-refractivity contribution in [2.75, 3.05) is 18.4 Å². The van der Waals surface area contributed by atoms with Crippen molar-refractivity contribution < 1.29 is 14.3 Å². The number of rotatable bonds is 37. The molecule has 0 atom stereocenters. The molecule has 0 amide bonds. The summed E-state index contributed by atoms with van der Waals surface area (Å²) in [6.45, 7) is 10.6. The highest BCUT2D eigenvalue weighted by molar-refractivity contribution is 6.08. The molecule has 0 bridgehead atoms. The van der Waals surface area contributed by atoms with Gasteiger partial charge in [-0.15, -0.1) is 0 Å². The number of benzene rings is 3. The Bertz CT molecular complexity index is 1870. The van der Waals surface area contributed by atoms with Crippen molar-refractivity contribution >= 4 is 22.6 Å². The van der Waals surface area contributed by atoms with Crippen molar-refractivity contribution in [1.82, 2.24) is 0 Å². The summed E-state index contributed by atoms with van der Waals surface area (Å²) in [5.74, 6) is -0.190. The average molecular weight is 863 g/mol. The Balaban J connectivity index is 1.28. The molecule has 0 aromatic heterocycles. The second kappa shape index (κ2) is 32.1. The Morgan fingerprint density at radius 2 is 1.00 bits per heavy atom. The molecule has 2 aromatic rings. The highest BCUT2D eigenvalue weighted by Gasteiger charge is 2.22. The minimum Gasteiger partial charge on any atom is -0.478 e. The molecule has 0 fully saturated rings. The molecule has 0 saturated heterocycles. The van der Waals surface area contributed by atoms with Crippen molar-refractivity contribution in [2.24, 2.45) is 4.99 Å². The van der Waals surface area contributed by atoms with Crippen LogP contribution < -0.4 is 10.7 Å². The zero-order valence-electron chi connectivity index (χ0n) is 40.9. The van der Waals surface area contributed by atoms with Gasteiger partial charge in [0.25, 0.3) is 0 Å². The van der Waals surface area contributed by atoms with Crippen molar-refractivity contribution in [3.8, 4) is 22.5 Å². The summed E-state index contributed by atoms with van der Waals surface area (Å²) in [4.78, 5) is 17.6. The number of hydrogen-bond donors (Lipinski definition) is 2. The number of aryl methyl sites for hydroxylation is 2. The van der Waals surface area contributed by atoms with E-state index in [1.165, 1.54) is 193 Å². The normalized spacial score (nSPS) is 12.0. The van der Waals surface area contributed by atoms with Gasteiger partial charge in [0.05, 0.1) is 10.9 Å². The molecule has 0 saturated carbocycles. The maximum Gasteiger partial charge on any atom is 0.336 e. The van der Waals surface area contributed by atoms with E-state index < -0.39 is 5.97 Å². The molecule has 2 aromatic carbocycles. The Morgan fingerprint density at radius 3 is 1.49 bits per heavy atom. The number of aromatic carboxylic acids is 1. The SMILES string of the molecule is CCCCCCCCCCCCCCCCCCN=c1cc2oc3cc(NCCCCCCCCCCCCCCCCCC)c(C)cc3c(-c3ccccc3C(=O)O)c-2cc1C. The molecule has 0 radical (unpaired) electrons. The van der Waals surface area contributed by atoms with Crippen LogP contribution in [0.1, 0.15) is 241 Å². The van der Waals surface area contributed by atoms with Gasteiger partial charge in [0, 0.05) is 47.4 Å². The van der Waals surface area contributed by atoms with E-state index in [1.807, 2.05) is 12.1 Å². The molecule has 1 aliphatic carbocycles. The first kappa shape index (κ1) is 52.0. The molecule has 4 rings (SSSR count). The van der Waals surface area contributed by atoms with Gasteiger partial charge in [-0.05, 0) is 61.6 Å². The third-order valence-electron chi connectivity index (χ3n) is 13.4. The van der Waals surface area contributed by atoms with Crippen molar-refractivity contribution in [2.45, 2.75) is 233 Å². The van der Waals surface area contributed by atoms with Gasteiger partial charge >= 0.3 is 5.97 Å². The Hall–Kier alpha value is -3.60. The second-order valence-corrected chi connectivity index (χ2v) is 19.0. The van der Waals surface area contributed by atoms with E-state index in [-0.39, 0.29) is 0 Å². The Morgan fingerprint density at radius 1 is 0.540 bits per heavy atom. The maximum absolute atomic E-state index is 12.5. The highest BCUT2D eigenvalue weighted by Crippen LogP contribution is 2.43. The lowest BCUT2D eigenvalue weighted by atomic mass is 9.89. The van der Waals surface area contributed by atoms with Gasteiger partial charge in [0.1, 0.15) is 11.3 Å². The third-order valence-corrected chi connectivity index (χ3v) is 13.4. The number of nitrogens with zero attached hydrogens (tertiary/aromatic N) is 1. The smallest absolute Gasteiger partial charge is 0.336 e. The Kier molecular flexibility index (Phi) is 26.5. The van der Waals surface area contributed by atoms with Crippen LogP contribution in [-0.4, -0.2) is 24.2 Å². The number of hydrogen-bond acceptors (Lipinski definition) is 4. The van der Waals surface area contributed by atoms with Crippen LogP contribution in [0.4, 0.5) is 5.69 Å². The lowest BCUT2D eigenvalue weighted by Crippen LogP contribution is -2.10. The fourth-order valence-electron chi connectivity index (χ4n) is 9.48. The van der Waals surface area contributed by atoms with Gasteiger partial charge in [0.15, 0.2) is 0 Å². The van der Waals surface area contributed by atoms with E-state index >= 15 is 0 Å². The van der Waals surface area contributed by atoms with Gasteiger partial charge in [0.2, 0.25) is 0 Å². The number of carboxylic acids is 1. The van der Waals surface area contributed by atoms with Gasteiger partial charge < -0.3 is 14.8 Å². The van der Waals surface area contributed by atoms with Crippen LogP contribution in [0.2, 0.25) is 0 Å². The number of anilines is 1. The van der Waals surface area contributed by atoms with E-state index in [0.717, 1.165) is 76.0 Å². The van der Waals surface area contributed by atoms with Crippen molar-refractivity contribution in [1.29, 1.82) is 0 Å². The van der Waals surface area contributed by atoms with E-state index in [2.05, 4.69) is 57.3 Å². The number of carboxylic acid groups (broad SMARTS) is 1. The predicted molar refractivity (Wildman–Crippen MR) is 273 cm³/mol. The second-order valence-electron chi connectivity index (χ2n) is 19.0. The number of nitrogens with one attached hydrogen (secondary N) is 1. The van der Waals surface area contributed by atoms with Crippen LogP contribution in [0.25, 0.3) is 33.4 Å². The fraction of sp³-hybridized carbons (Fsp3) is 0.655. The zero-order valence-corrected chi connectivity index (χ0v) is 40.9. The average Bonchev–Trinajstić information content (AvgIpc) is 3.28. The lowest BCUT2D eigenvalue weighted by Gasteiger charge is -2.19. The van der Waals surface area contributed by atoms with Crippen LogP contribution in [0.5, 0.6) is 0 Å². The molecule has 1 aliphatic heterocycles. The summed E-state index contributed by atoms with van der Waals surface area (Å²) in [5, 5.41) is 15.9. The summed E-state index contributed by atoms with van der Waals surface area (Å²) in [6, 6.07) is 15.9. The molecule has 350 valence electrons. The quantitative estimate of drug-likeness (QED) is 0.0350. The largest absolute Gasteiger partial charge is 0.478 e. The van der Waals surface area contributed by atoms with Crippen LogP contribution in [-0.2, 0) is 0 Å². The van der Waals surface area contributed by atoms with E-state index in [0.29, 0.717) is 11.1 Å². The first-order valence-electron chi connectivity index (χ1n) is 26.5. The molecule has 1 heterocycles. The summed E-state index contributed by atoms with van der Waals surface area (Å²) < 4.78 is 6.73. The van der Waals surface area contributed by atoms with E-state index in [9.17, 15) is 9.90 Å². The first-order valence-corrected chi connectivity index (χ1v) is 26.5. The van der Waals surface area contributed by atoms with Crippen molar-refractivity contribution in [3.05, 3.63) is 70.6 Å². The van der Waals surface area contributed by atoms with Gasteiger partial charge in [-0.2, -0.15) is 0 Å². The van der Waals surface area contributed by atoms with E-state index in [1.54, 1.807) is 12.1 Å². The molecule has 5 heteroatoms. The summed E-state index contributed by atoms with van der Waals surface area (Å²) in [6.07, 6.45) is 43.7. The summed E-state index contributed by atoms with van der Waals surface area (Å²) >= 11 is 0. The van der Waals surface area contributed by atoms with Gasteiger partial charge in [-0.25, -0.2) is 4.79 Å². The molecule has 0 unspecified atom stereocenters. The number of unbranched alkanes of at least 4 members (excludes halogenated alkanes) is 30. The molecule has 2 N–H and O–H groups in total. The van der Waals surface area contributed by atoms with Crippen LogP contribution in [0.3, 0.4) is 0 Å². The van der Waals surface area contributed by atoms with Gasteiger partial charge in [-0.3, -0.25) is 4.99 Å². The van der Waals surface area contributed by atoms with Crippen LogP contribution >= 0.6 is 0 Å². The van der Waals surface area contributed by atoms with Crippen LogP contribution in [0.15, 0.2) is 57.9 Å². The molecule has 0 spiro atoms. The summed E-state index contributed by atoms with van der Waals surface area (Å²) in [5.41, 5.74) is 6.87. The topological polar surface area (TPSA) is 74.8 Å². The lowest BCUT2D eigenvalue weighted by molar-refractivity contribution is 0.0697. The highest BCUT2D eigenvalue weighted by atomic mass is 16.4. The monoisotopic (exact) mass is 863 g/mol. The standard InChI is InChI=1S/C58H90N2O3/c1-5-7-9-11-13-15-17-19-21-23-25-27-29-31-33-37-41-59-53-45-55-51(43-47(53)3)57(49-39-35-36-40-50(49)58(61)62)52-44-48(4)54(46-56(52)63-55)60-42-38-34-32-30-28-26-24-22-20-18-16-14-12-10-8-6-2/h35-36,39-40,43-46,59H,5-34,37-38,41-42H2,1-4H3,(H,61,62). The summed E-state index contributed by atoms with van der Waals surface area (Å²) in [7, 11) is 0. The molecule has 2 aliphatic rings. The molecule has 63 heavy (non-hydrogen) atoms. The molecular weight excluding hydrogens is 773 g/mol. The van der Waals surface area contributed by atoms with Crippen molar-refractivity contribution in [3.63, 3.8) is 0 Å². The van der Waals surface area contributed by atoms with Gasteiger partial charge in [-0.1, -0.05) is 225 Å².